The van der Waals surface area contributed by atoms with Crippen LogP contribution < -0.4 is 0 Å². The van der Waals surface area contributed by atoms with Gasteiger partial charge in [-0.3, -0.25) is 24.7 Å². The summed E-state index contributed by atoms with van der Waals surface area (Å²) < 4.78 is 7.33. The summed E-state index contributed by atoms with van der Waals surface area (Å²) in [6.07, 6.45) is 1.66. The van der Waals surface area contributed by atoms with Gasteiger partial charge in [0, 0.05) is 23.9 Å². The molecule has 0 spiro atoms. The summed E-state index contributed by atoms with van der Waals surface area (Å²) in [5.41, 5.74) is 2.44. The quantitative estimate of drug-likeness (QED) is 0.385. The lowest BCUT2D eigenvalue weighted by molar-refractivity contribution is -0.384. The second-order valence-electron chi connectivity index (χ2n) is 6.20. The Morgan fingerprint density at radius 1 is 1.32 bits per heavy atom. The molecule has 0 radical (unpaired) electrons. The number of ether oxygens (including phenoxy) is 1. The number of aromatic nitrogens is 4. The fraction of sp³-hybridized carbons (Fsp3) is 0.158. The van der Waals surface area contributed by atoms with Crippen molar-refractivity contribution in [2.45, 2.75) is 20.1 Å². The van der Waals surface area contributed by atoms with Crippen LogP contribution >= 0.6 is 0 Å². The highest BCUT2D eigenvalue weighted by Gasteiger charge is 2.25. The van der Waals surface area contributed by atoms with Gasteiger partial charge >= 0.3 is 0 Å². The van der Waals surface area contributed by atoms with Gasteiger partial charge in [0.15, 0.2) is 11.6 Å². The van der Waals surface area contributed by atoms with Gasteiger partial charge in [-0.05, 0) is 25.1 Å². The number of hydrogen-bond donors (Lipinski definition) is 0. The molecule has 2 aromatic heterocycles. The Kier molecular flexibility index (Phi) is 4.40. The zero-order valence-corrected chi connectivity index (χ0v) is 15.1. The van der Waals surface area contributed by atoms with Crippen LogP contribution in [0.2, 0.25) is 0 Å². The van der Waals surface area contributed by atoms with Crippen LogP contribution in [0.25, 0.3) is 5.69 Å². The lowest BCUT2D eigenvalue weighted by Crippen LogP contribution is -2.11. The van der Waals surface area contributed by atoms with Crippen LogP contribution in [-0.2, 0) is 17.9 Å². The van der Waals surface area contributed by atoms with Gasteiger partial charge in [0.25, 0.3) is 5.69 Å². The molecule has 1 aliphatic heterocycles. The van der Waals surface area contributed by atoms with Crippen molar-refractivity contribution in [3.05, 3.63) is 88.0 Å². The summed E-state index contributed by atoms with van der Waals surface area (Å²) in [5, 5.41) is 19.8. The van der Waals surface area contributed by atoms with Crippen molar-refractivity contribution in [3.8, 4) is 5.69 Å². The van der Waals surface area contributed by atoms with Gasteiger partial charge in [-0.15, -0.1) is 10.2 Å². The van der Waals surface area contributed by atoms with E-state index in [0.717, 1.165) is 0 Å². The molecule has 0 amide bonds. The average Bonchev–Trinajstić information content (AvgIpc) is 3.02. The molecule has 9 heteroatoms. The number of nitro benzene ring substituents is 1. The topological polar surface area (TPSA) is 108 Å². The van der Waals surface area contributed by atoms with Crippen molar-refractivity contribution >= 4 is 11.4 Å². The smallest absolute Gasteiger partial charge is 0.270 e. The maximum absolute atomic E-state index is 11.3. The molecule has 1 aliphatic rings. The summed E-state index contributed by atoms with van der Waals surface area (Å²) in [5.74, 6) is 1.73. The van der Waals surface area contributed by atoms with Crippen LogP contribution in [0.1, 0.15) is 29.8 Å². The van der Waals surface area contributed by atoms with E-state index in [2.05, 4.69) is 26.8 Å². The Morgan fingerprint density at radius 3 is 2.89 bits per heavy atom. The maximum atomic E-state index is 11.3. The van der Waals surface area contributed by atoms with Crippen molar-refractivity contribution in [2.24, 2.45) is 4.99 Å². The van der Waals surface area contributed by atoms with E-state index < -0.39 is 4.92 Å². The average molecular weight is 376 g/mol. The van der Waals surface area contributed by atoms with Crippen LogP contribution in [0.5, 0.6) is 0 Å². The molecule has 3 aromatic rings. The molecule has 0 aliphatic carbocycles. The summed E-state index contributed by atoms with van der Waals surface area (Å²) in [4.78, 5) is 19.9. The van der Waals surface area contributed by atoms with E-state index in [1.54, 1.807) is 25.3 Å². The number of nitrogens with zero attached hydrogens (tertiary/aromatic N) is 6. The molecular formula is C19H16N6O3. The third-order valence-electron chi connectivity index (χ3n) is 4.22. The molecule has 0 unspecified atom stereocenters. The third kappa shape index (κ3) is 3.13. The van der Waals surface area contributed by atoms with Crippen molar-refractivity contribution < 1.29 is 9.66 Å². The molecule has 0 bridgehead atoms. The molecule has 0 atom stereocenters. The van der Waals surface area contributed by atoms with E-state index in [1.165, 1.54) is 12.1 Å². The predicted molar refractivity (Wildman–Crippen MR) is 101 cm³/mol. The molecule has 1 aromatic carbocycles. The normalized spacial score (nSPS) is 12.4. The van der Waals surface area contributed by atoms with Crippen LogP contribution in [0.3, 0.4) is 0 Å². The molecule has 0 saturated carbocycles. The van der Waals surface area contributed by atoms with E-state index in [1.807, 2.05) is 16.7 Å². The molecule has 0 saturated heterocycles. The minimum absolute atomic E-state index is 0.0290. The minimum atomic E-state index is -0.431. The maximum Gasteiger partial charge on any atom is 0.270 e. The largest absolute Gasteiger partial charge is 0.491 e. The first-order valence-electron chi connectivity index (χ1n) is 8.51. The van der Waals surface area contributed by atoms with Crippen molar-refractivity contribution in [3.63, 3.8) is 0 Å². The zero-order valence-electron chi connectivity index (χ0n) is 15.1. The first-order valence-corrected chi connectivity index (χ1v) is 8.51. The van der Waals surface area contributed by atoms with Crippen LogP contribution in [-0.4, -0.2) is 30.4 Å². The first-order chi connectivity index (χ1) is 13.5. The Morgan fingerprint density at radius 2 is 2.18 bits per heavy atom. The van der Waals surface area contributed by atoms with E-state index in [9.17, 15) is 10.1 Å². The van der Waals surface area contributed by atoms with E-state index in [-0.39, 0.29) is 18.8 Å². The zero-order chi connectivity index (χ0) is 19.7. The Labute approximate surface area is 160 Å². The summed E-state index contributed by atoms with van der Waals surface area (Å²) in [6.45, 7) is 5.91. The Balaban J connectivity index is 1.91. The number of pyridine rings is 1. The van der Waals surface area contributed by atoms with Gasteiger partial charge in [0.05, 0.1) is 27.8 Å². The lowest BCUT2D eigenvalue weighted by Gasteiger charge is -2.13. The van der Waals surface area contributed by atoms with Gasteiger partial charge in [0.2, 0.25) is 0 Å². The van der Waals surface area contributed by atoms with Gasteiger partial charge < -0.3 is 4.74 Å². The van der Waals surface area contributed by atoms with Crippen molar-refractivity contribution in [2.75, 3.05) is 0 Å². The molecule has 9 nitrogen and oxygen atoms in total. The molecule has 0 N–H and O–H groups in total. The standard InChI is InChI=1S/C19H16N6O3/c1-12(2)28-11-18-23-22-17-10-21-19(15-5-3-4-8-20-15)14-9-13(25(26)27)6-7-16(14)24(17)18/h3-9H,1,10-11H2,2H3. The predicted octanol–water partition coefficient (Wildman–Crippen LogP) is 2.97. The number of hydrogen-bond acceptors (Lipinski definition) is 7. The molecule has 0 fully saturated rings. The second kappa shape index (κ2) is 7.03. The number of non-ortho nitro benzene ring substituents is 1. The Hall–Kier alpha value is -3.88. The molecular weight excluding hydrogens is 360 g/mol. The van der Waals surface area contributed by atoms with Gasteiger partial charge in [-0.25, -0.2) is 0 Å². The fourth-order valence-corrected chi connectivity index (χ4v) is 2.99. The summed E-state index contributed by atoms with van der Waals surface area (Å²) in [7, 11) is 0. The molecule has 28 heavy (non-hydrogen) atoms. The number of aliphatic imine (C=N–C) groups is 1. The lowest BCUT2D eigenvalue weighted by atomic mass is 10.0. The number of fused-ring (bicyclic) bond motifs is 3. The van der Waals surface area contributed by atoms with E-state index in [0.29, 0.717) is 40.1 Å². The number of allylic oxidation sites excluding steroid dienone is 1. The second-order valence-corrected chi connectivity index (χ2v) is 6.20. The van der Waals surface area contributed by atoms with Gasteiger partial charge in [0.1, 0.15) is 13.2 Å². The monoisotopic (exact) mass is 376 g/mol. The summed E-state index contributed by atoms with van der Waals surface area (Å²) in [6, 6.07) is 10.1. The molecule has 140 valence electrons. The number of rotatable bonds is 5. The summed E-state index contributed by atoms with van der Waals surface area (Å²) >= 11 is 0. The van der Waals surface area contributed by atoms with Gasteiger partial charge in [-0.2, -0.15) is 0 Å². The Bertz CT molecular complexity index is 1100. The minimum Gasteiger partial charge on any atom is -0.491 e. The molecule has 3 heterocycles. The van der Waals surface area contributed by atoms with E-state index >= 15 is 0 Å². The van der Waals surface area contributed by atoms with Crippen molar-refractivity contribution in [1.82, 2.24) is 19.7 Å². The van der Waals surface area contributed by atoms with Gasteiger partial charge in [-0.1, -0.05) is 12.6 Å². The SMILES string of the molecule is C=C(C)OCc1nnc2n1-c1ccc([N+](=O)[O-])cc1C(c1ccccn1)=NC2. The van der Waals surface area contributed by atoms with Crippen LogP contribution in [0.4, 0.5) is 5.69 Å². The highest BCUT2D eigenvalue weighted by atomic mass is 16.6. The highest BCUT2D eigenvalue weighted by molar-refractivity contribution is 6.14. The number of benzene rings is 1. The van der Waals surface area contributed by atoms with Crippen LogP contribution in [0.15, 0.2) is 59.9 Å². The fourth-order valence-electron chi connectivity index (χ4n) is 2.99. The van der Waals surface area contributed by atoms with Crippen LogP contribution in [0, 0.1) is 10.1 Å². The number of nitro groups is 1. The van der Waals surface area contributed by atoms with E-state index in [4.69, 9.17) is 4.74 Å². The third-order valence-corrected chi connectivity index (χ3v) is 4.22. The van der Waals surface area contributed by atoms with Crippen molar-refractivity contribution in [1.29, 1.82) is 0 Å². The first kappa shape index (κ1) is 17.5. The highest BCUT2D eigenvalue weighted by Crippen LogP contribution is 2.28. The molecule has 4 rings (SSSR count).